The number of carbonyl (C=O) groups is 1. The van der Waals surface area contributed by atoms with Crippen molar-refractivity contribution in [3.63, 3.8) is 0 Å². The summed E-state index contributed by atoms with van der Waals surface area (Å²) in [4.78, 5) is 14.5. The molecule has 1 unspecified atom stereocenters. The van der Waals surface area contributed by atoms with Crippen LogP contribution in [-0.4, -0.2) is 41.5 Å². The minimum atomic E-state index is -0.361. The van der Waals surface area contributed by atoms with Gasteiger partial charge in [0.2, 0.25) is 5.91 Å². The Morgan fingerprint density at radius 2 is 1.84 bits per heavy atom. The van der Waals surface area contributed by atoms with Gasteiger partial charge in [-0.15, -0.1) is 0 Å². The molecule has 0 aliphatic carbocycles. The summed E-state index contributed by atoms with van der Waals surface area (Å²) in [5.74, 6) is 0.478. The lowest BCUT2D eigenvalue weighted by molar-refractivity contribution is -0.123. The highest BCUT2D eigenvalue weighted by molar-refractivity contribution is 5.81. The average molecular weight is 269 g/mol. The summed E-state index contributed by atoms with van der Waals surface area (Å²) in [6.07, 6.45) is 2.81. The number of carbonyl (C=O) groups excluding carboxylic acids is 1. The molecule has 1 atom stereocenters. The lowest BCUT2D eigenvalue weighted by Gasteiger charge is -2.41. The molecular weight excluding hydrogens is 238 g/mol. The number of rotatable bonds is 4. The van der Waals surface area contributed by atoms with Crippen LogP contribution in [0.25, 0.3) is 0 Å². The third-order valence-electron chi connectivity index (χ3n) is 3.85. The van der Waals surface area contributed by atoms with Crippen molar-refractivity contribution < 1.29 is 4.79 Å². The van der Waals surface area contributed by atoms with Crippen LogP contribution in [-0.2, 0) is 4.79 Å². The van der Waals surface area contributed by atoms with E-state index in [-0.39, 0.29) is 17.5 Å². The molecule has 0 spiro atoms. The number of likely N-dealkylation sites (tertiary alicyclic amines) is 1. The molecule has 0 aromatic heterocycles. The highest BCUT2D eigenvalue weighted by Crippen LogP contribution is 2.20. The Labute approximate surface area is 118 Å². The van der Waals surface area contributed by atoms with E-state index in [1.54, 1.807) is 0 Å². The maximum absolute atomic E-state index is 12.0. The summed E-state index contributed by atoms with van der Waals surface area (Å²) < 4.78 is 0. The molecule has 0 aromatic rings. The first-order valence-corrected chi connectivity index (χ1v) is 7.51. The smallest absolute Gasteiger partial charge is 0.237 e. The van der Waals surface area contributed by atoms with E-state index in [2.05, 4.69) is 44.8 Å². The zero-order valence-corrected chi connectivity index (χ0v) is 13.2. The summed E-state index contributed by atoms with van der Waals surface area (Å²) >= 11 is 0. The third kappa shape index (κ3) is 5.49. The molecule has 0 aromatic carbocycles. The van der Waals surface area contributed by atoms with E-state index in [0.717, 1.165) is 32.4 Å². The Balaban J connectivity index is 2.35. The molecule has 19 heavy (non-hydrogen) atoms. The number of hydrogen-bond donors (Lipinski definition) is 2. The summed E-state index contributed by atoms with van der Waals surface area (Å²) in [6, 6.07) is -0.0649. The molecule has 1 aliphatic rings. The van der Waals surface area contributed by atoms with E-state index in [1.807, 2.05) is 0 Å². The highest BCUT2D eigenvalue weighted by atomic mass is 16.2. The van der Waals surface area contributed by atoms with Crippen LogP contribution in [0.3, 0.4) is 0 Å². The predicted molar refractivity (Wildman–Crippen MR) is 79.9 cm³/mol. The number of nitrogens with one attached hydrogen (secondary N) is 1. The van der Waals surface area contributed by atoms with Crippen LogP contribution < -0.4 is 11.1 Å². The zero-order valence-electron chi connectivity index (χ0n) is 13.2. The number of amides is 1. The van der Waals surface area contributed by atoms with Gasteiger partial charge in [-0.25, -0.2) is 0 Å². The minimum absolute atomic E-state index is 0.0166. The van der Waals surface area contributed by atoms with Gasteiger partial charge in [-0.05, 0) is 46.0 Å². The lowest BCUT2D eigenvalue weighted by Crippen LogP contribution is -2.53. The molecule has 0 bridgehead atoms. The highest BCUT2D eigenvalue weighted by Gasteiger charge is 2.28. The molecule has 112 valence electrons. The number of nitrogens with zero attached hydrogens (tertiary/aromatic N) is 1. The van der Waals surface area contributed by atoms with Crippen molar-refractivity contribution in [1.82, 2.24) is 10.2 Å². The largest absolute Gasteiger partial charge is 0.352 e. The van der Waals surface area contributed by atoms with E-state index in [4.69, 9.17) is 5.73 Å². The molecule has 3 N–H and O–H groups in total. The SMILES string of the molecule is CC(C)CC(N)C(=O)NC1CCN(C(C)(C)C)CC1. The third-order valence-corrected chi connectivity index (χ3v) is 3.85. The van der Waals surface area contributed by atoms with Crippen LogP contribution in [0.4, 0.5) is 0 Å². The monoisotopic (exact) mass is 269 g/mol. The van der Waals surface area contributed by atoms with Gasteiger partial charge in [0, 0.05) is 24.7 Å². The second-order valence-corrected chi connectivity index (χ2v) is 7.18. The zero-order chi connectivity index (χ0) is 14.6. The fourth-order valence-electron chi connectivity index (χ4n) is 2.62. The average Bonchev–Trinajstić information content (AvgIpc) is 2.27. The molecule has 1 aliphatic heterocycles. The Kier molecular flexibility index (Phi) is 5.81. The molecule has 1 heterocycles. The molecule has 1 rings (SSSR count). The Morgan fingerprint density at radius 3 is 2.26 bits per heavy atom. The first-order valence-electron chi connectivity index (χ1n) is 7.51. The van der Waals surface area contributed by atoms with Crippen molar-refractivity contribution in [3.05, 3.63) is 0 Å². The summed E-state index contributed by atoms with van der Waals surface area (Å²) in [6.45, 7) is 13.0. The number of piperidine rings is 1. The van der Waals surface area contributed by atoms with Crippen LogP contribution >= 0.6 is 0 Å². The first-order chi connectivity index (χ1) is 8.70. The van der Waals surface area contributed by atoms with E-state index >= 15 is 0 Å². The fraction of sp³-hybridized carbons (Fsp3) is 0.933. The maximum Gasteiger partial charge on any atom is 0.237 e. The van der Waals surface area contributed by atoms with Gasteiger partial charge < -0.3 is 11.1 Å². The molecule has 4 heteroatoms. The molecule has 1 amide bonds. The Hall–Kier alpha value is -0.610. The molecule has 1 fully saturated rings. The first kappa shape index (κ1) is 16.4. The quantitative estimate of drug-likeness (QED) is 0.817. The standard InChI is InChI=1S/C15H31N3O/c1-11(2)10-13(16)14(19)17-12-6-8-18(9-7-12)15(3,4)5/h11-13H,6-10,16H2,1-5H3,(H,17,19). The van der Waals surface area contributed by atoms with Crippen LogP contribution in [0.15, 0.2) is 0 Å². The van der Waals surface area contributed by atoms with Crippen LogP contribution in [0.2, 0.25) is 0 Å². The Bertz CT molecular complexity index is 288. The van der Waals surface area contributed by atoms with Crippen molar-refractivity contribution >= 4 is 5.91 Å². The van der Waals surface area contributed by atoms with Gasteiger partial charge in [-0.3, -0.25) is 9.69 Å². The van der Waals surface area contributed by atoms with Crippen molar-refractivity contribution in [2.75, 3.05) is 13.1 Å². The predicted octanol–water partition coefficient (Wildman–Crippen LogP) is 1.74. The summed E-state index contributed by atoms with van der Waals surface area (Å²) in [7, 11) is 0. The second kappa shape index (κ2) is 6.71. The molecule has 0 saturated carbocycles. The Morgan fingerprint density at radius 1 is 1.32 bits per heavy atom. The van der Waals surface area contributed by atoms with Gasteiger partial charge in [0.1, 0.15) is 0 Å². The van der Waals surface area contributed by atoms with Gasteiger partial charge >= 0.3 is 0 Å². The molecular formula is C15H31N3O. The van der Waals surface area contributed by atoms with Crippen molar-refractivity contribution in [1.29, 1.82) is 0 Å². The molecule has 0 radical (unpaired) electrons. The van der Waals surface area contributed by atoms with Crippen molar-refractivity contribution in [3.8, 4) is 0 Å². The van der Waals surface area contributed by atoms with Crippen LogP contribution in [0.5, 0.6) is 0 Å². The van der Waals surface area contributed by atoms with Gasteiger partial charge in [-0.1, -0.05) is 13.8 Å². The summed E-state index contributed by atoms with van der Waals surface area (Å²) in [5.41, 5.74) is 6.13. The van der Waals surface area contributed by atoms with E-state index in [0.29, 0.717) is 12.0 Å². The molecule has 1 saturated heterocycles. The molecule has 4 nitrogen and oxygen atoms in total. The number of nitrogens with two attached hydrogens (primary N) is 1. The maximum atomic E-state index is 12.0. The van der Waals surface area contributed by atoms with Gasteiger partial charge in [-0.2, -0.15) is 0 Å². The van der Waals surface area contributed by atoms with Crippen molar-refractivity contribution in [2.24, 2.45) is 11.7 Å². The normalized spacial score (nSPS) is 20.6. The topological polar surface area (TPSA) is 58.4 Å². The van der Waals surface area contributed by atoms with Gasteiger partial charge in [0.05, 0.1) is 6.04 Å². The van der Waals surface area contributed by atoms with E-state index in [9.17, 15) is 4.79 Å². The minimum Gasteiger partial charge on any atom is -0.352 e. The van der Waals surface area contributed by atoms with Crippen LogP contribution in [0, 0.1) is 5.92 Å². The van der Waals surface area contributed by atoms with Crippen molar-refractivity contribution in [2.45, 2.75) is 71.5 Å². The fourth-order valence-corrected chi connectivity index (χ4v) is 2.62. The van der Waals surface area contributed by atoms with E-state index < -0.39 is 0 Å². The second-order valence-electron chi connectivity index (χ2n) is 7.18. The van der Waals surface area contributed by atoms with E-state index in [1.165, 1.54) is 0 Å². The lowest BCUT2D eigenvalue weighted by atomic mass is 9.97. The van der Waals surface area contributed by atoms with Gasteiger partial charge in [0.15, 0.2) is 0 Å². The van der Waals surface area contributed by atoms with Crippen LogP contribution in [0.1, 0.15) is 53.9 Å². The van der Waals surface area contributed by atoms with Gasteiger partial charge in [0.25, 0.3) is 0 Å². The summed E-state index contributed by atoms with van der Waals surface area (Å²) in [5, 5.41) is 3.11. The number of hydrogen-bond acceptors (Lipinski definition) is 3.